The lowest BCUT2D eigenvalue weighted by Crippen LogP contribution is -2.35. The number of piperidine rings is 1. The van der Waals surface area contributed by atoms with Crippen LogP contribution in [0.25, 0.3) is 5.69 Å². The van der Waals surface area contributed by atoms with Crippen LogP contribution in [0, 0.1) is 10.1 Å². The highest BCUT2D eigenvalue weighted by molar-refractivity contribution is 7.89. The number of nitro benzene ring substituents is 1. The van der Waals surface area contributed by atoms with Crippen LogP contribution in [0.15, 0.2) is 65.8 Å². The van der Waals surface area contributed by atoms with Crippen molar-refractivity contribution < 1.29 is 13.3 Å². The van der Waals surface area contributed by atoms with E-state index < -0.39 is 14.9 Å². The number of aromatic nitrogens is 2. The van der Waals surface area contributed by atoms with Crippen LogP contribution in [0.4, 0.5) is 11.4 Å². The van der Waals surface area contributed by atoms with Gasteiger partial charge in [0.2, 0.25) is 10.0 Å². The topological polar surface area (TPSA) is 110 Å². The normalized spacial score (nSPS) is 14.9. The Hall–Kier alpha value is -3.24. The Bertz CT molecular complexity index is 1190. The highest BCUT2D eigenvalue weighted by atomic mass is 32.2. The number of sulfonamides is 1. The Morgan fingerprint density at radius 3 is 2.53 bits per heavy atom. The molecule has 0 aliphatic carbocycles. The molecule has 1 aliphatic heterocycles. The monoisotopic (exact) mass is 455 g/mol. The van der Waals surface area contributed by atoms with E-state index in [0.29, 0.717) is 31.7 Å². The van der Waals surface area contributed by atoms with Crippen LogP contribution in [0.2, 0.25) is 0 Å². The van der Waals surface area contributed by atoms with Gasteiger partial charge in [0.15, 0.2) is 0 Å². The third kappa shape index (κ3) is 4.81. The third-order valence-corrected chi connectivity index (χ3v) is 7.40. The maximum absolute atomic E-state index is 12.9. The predicted octanol–water partition coefficient (Wildman–Crippen LogP) is 3.61. The van der Waals surface area contributed by atoms with E-state index in [4.69, 9.17) is 0 Å². The van der Waals surface area contributed by atoms with Crippen LogP contribution in [0.5, 0.6) is 0 Å². The van der Waals surface area contributed by atoms with Crippen LogP contribution in [0.1, 0.15) is 24.8 Å². The minimum atomic E-state index is -3.73. The van der Waals surface area contributed by atoms with Crippen molar-refractivity contribution in [2.75, 3.05) is 25.0 Å². The number of rotatable bonds is 8. The third-order valence-electron chi connectivity index (χ3n) is 5.50. The largest absolute Gasteiger partial charge is 0.379 e. The van der Waals surface area contributed by atoms with Gasteiger partial charge in [0.25, 0.3) is 5.69 Å². The number of nitrogens with one attached hydrogen (secondary N) is 1. The van der Waals surface area contributed by atoms with Gasteiger partial charge in [-0.1, -0.05) is 24.6 Å². The van der Waals surface area contributed by atoms with Crippen LogP contribution < -0.4 is 5.32 Å². The molecule has 2 heterocycles. The second-order valence-corrected chi connectivity index (χ2v) is 9.64. The van der Waals surface area contributed by atoms with Gasteiger partial charge in [-0.2, -0.15) is 9.40 Å². The van der Waals surface area contributed by atoms with Crippen LogP contribution in [-0.4, -0.2) is 47.1 Å². The molecule has 0 atom stereocenters. The lowest BCUT2D eigenvalue weighted by molar-refractivity contribution is -0.384. The molecule has 0 spiro atoms. The molecule has 0 bridgehead atoms. The van der Waals surface area contributed by atoms with Crippen molar-refractivity contribution in [2.45, 2.75) is 30.6 Å². The molecule has 32 heavy (non-hydrogen) atoms. The van der Waals surface area contributed by atoms with E-state index >= 15 is 0 Å². The van der Waals surface area contributed by atoms with Gasteiger partial charge in [-0.15, -0.1) is 0 Å². The molecule has 1 fully saturated rings. The molecule has 0 unspecified atom stereocenters. The van der Waals surface area contributed by atoms with Gasteiger partial charge in [-0.25, -0.2) is 13.1 Å². The van der Waals surface area contributed by atoms with Gasteiger partial charge in [0.05, 0.1) is 21.7 Å². The fraction of sp³-hybridized carbons (Fsp3) is 0.318. The second kappa shape index (κ2) is 9.49. The molecule has 1 aromatic heterocycles. The van der Waals surface area contributed by atoms with Gasteiger partial charge in [-0.05, 0) is 49.1 Å². The molecular weight excluding hydrogens is 430 g/mol. The smallest absolute Gasteiger partial charge is 0.293 e. The average Bonchev–Trinajstić information content (AvgIpc) is 3.29. The Morgan fingerprint density at radius 1 is 1.06 bits per heavy atom. The molecule has 1 saturated heterocycles. The first kappa shape index (κ1) is 22.0. The minimum absolute atomic E-state index is 0.0409. The fourth-order valence-electron chi connectivity index (χ4n) is 3.78. The van der Waals surface area contributed by atoms with Crippen molar-refractivity contribution in [3.63, 3.8) is 0 Å². The summed E-state index contributed by atoms with van der Waals surface area (Å²) in [5.74, 6) is 0. The van der Waals surface area contributed by atoms with E-state index in [2.05, 4.69) is 10.4 Å². The highest BCUT2D eigenvalue weighted by Crippen LogP contribution is 2.30. The molecule has 168 valence electrons. The van der Waals surface area contributed by atoms with E-state index in [1.54, 1.807) is 10.9 Å². The Kier molecular flexibility index (Phi) is 6.52. The van der Waals surface area contributed by atoms with Crippen molar-refractivity contribution >= 4 is 21.4 Å². The molecule has 3 aromatic rings. The molecule has 0 saturated carbocycles. The van der Waals surface area contributed by atoms with Crippen molar-refractivity contribution in [3.8, 4) is 5.69 Å². The molecule has 1 aliphatic rings. The second-order valence-electron chi connectivity index (χ2n) is 7.71. The van der Waals surface area contributed by atoms with Crippen molar-refractivity contribution in [1.82, 2.24) is 14.1 Å². The molecule has 0 amide bonds. The standard InChI is InChI=1S/C22H25N5O4S/c28-27(29)22-15-20(32(30,31)25-13-5-2-6-14-25)9-10-21(22)23-12-11-18-16-24-26(17-18)19-7-3-1-4-8-19/h1,3-4,7-10,15-17,23H,2,5-6,11-14H2. The van der Waals surface area contributed by atoms with E-state index in [0.717, 1.165) is 36.6 Å². The SMILES string of the molecule is O=[N+]([O-])c1cc(S(=O)(=O)N2CCCCC2)ccc1NCCc1cnn(-c2ccccc2)c1. The molecule has 1 N–H and O–H groups in total. The summed E-state index contributed by atoms with van der Waals surface area (Å²) in [7, 11) is -3.73. The van der Waals surface area contributed by atoms with E-state index in [1.165, 1.54) is 16.4 Å². The summed E-state index contributed by atoms with van der Waals surface area (Å²) in [4.78, 5) is 11.0. The average molecular weight is 456 g/mol. The quantitative estimate of drug-likeness (QED) is 0.410. The molecular formula is C22H25N5O4S. The molecule has 10 heteroatoms. The molecule has 0 radical (unpaired) electrons. The summed E-state index contributed by atoms with van der Waals surface area (Å²) in [5, 5.41) is 19.0. The van der Waals surface area contributed by atoms with Crippen LogP contribution in [-0.2, 0) is 16.4 Å². The van der Waals surface area contributed by atoms with Crippen molar-refractivity contribution in [2.24, 2.45) is 0 Å². The molecule has 2 aromatic carbocycles. The zero-order valence-corrected chi connectivity index (χ0v) is 18.4. The number of benzene rings is 2. The van der Waals surface area contributed by atoms with Crippen molar-refractivity contribution in [3.05, 3.63) is 76.6 Å². The lowest BCUT2D eigenvalue weighted by Gasteiger charge is -2.25. The Morgan fingerprint density at radius 2 is 1.81 bits per heavy atom. The number of hydrogen-bond acceptors (Lipinski definition) is 6. The Labute approximate surface area is 186 Å². The first-order valence-corrected chi connectivity index (χ1v) is 12.0. The Balaban J connectivity index is 1.45. The van der Waals surface area contributed by atoms with E-state index in [9.17, 15) is 18.5 Å². The number of nitrogens with zero attached hydrogens (tertiary/aromatic N) is 4. The lowest BCUT2D eigenvalue weighted by atomic mass is 10.2. The molecule has 4 rings (SSSR count). The first-order valence-electron chi connectivity index (χ1n) is 10.6. The number of nitro groups is 1. The first-order chi connectivity index (χ1) is 15.4. The maximum Gasteiger partial charge on any atom is 0.293 e. The van der Waals surface area contributed by atoms with Crippen LogP contribution >= 0.6 is 0 Å². The summed E-state index contributed by atoms with van der Waals surface area (Å²) >= 11 is 0. The minimum Gasteiger partial charge on any atom is -0.379 e. The van der Waals surface area contributed by atoms with E-state index in [-0.39, 0.29) is 10.6 Å². The molecule has 9 nitrogen and oxygen atoms in total. The zero-order chi connectivity index (χ0) is 22.6. The highest BCUT2D eigenvalue weighted by Gasteiger charge is 2.28. The van der Waals surface area contributed by atoms with Gasteiger partial charge in [-0.3, -0.25) is 10.1 Å². The summed E-state index contributed by atoms with van der Waals surface area (Å²) in [6, 6.07) is 13.8. The summed E-state index contributed by atoms with van der Waals surface area (Å²) in [6.07, 6.45) is 6.90. The summed E-state index contributed by atoms with van der Waals surface area (Å²) < 4.78 is 28.9. The summed E-state index contributed by atoms with van der Waals surface area (Å²) in [6.45, 7) is 1.35. The predicted molar refractivity (Wildman–Crippen MR) is 121 cm³/mol. The number of anilines is 1. The van der Waals surface area contributed by atoms with Gasteiger partial charge in [0, 0.05) is 31.9 Å². The van der Waals surface area contributed by atoms with Gasteiger partial charge >= 0.3 is 0 Å². The maximum atomic E-state index is 12.9. The van der Waals surface area contributed by atoms with E-state index in [1.807, 2.05) is 36.5 Å². The summed E-state index contributed by atoms with van der Waals surface area (Å²) in [5.41, 5.74) is 1.98. The zero-order valence-electron chi connectivity index (χ0n) is 17.6. The number of para-hydroxylation sites is 1. The number of hydrogen-bond donors (Lipinski definition) is 1. The fourth-order valence-corrected chi connectivity index (χ4v) is 5.32. The van der Waals surface area contributed by atoms with Crippen molar-refractivity contribution in [1.29, 1.82) is 0 Å². The van der Waals surface area contributed by atoms with Crippen LogP contribution in [0.3, 0.4) is 0 Å². The van der Waals surface area contributed by atoms with Gasteiger partial charge in [0.1, 0.15) is 5.69 Å². The van der Waals surface area contributed by atoms with Gasteiger partial charge < -0.3 is 5.32 Å².